The van der Waals surface area contributed by atoms with Gasteiger partial charge in [-0.3, -0.25) is 19.4 Å². The first-order chi connectivity index (χ1) is 14.9. The lowest BCUT2D eigenvalue weighted by Gasteiger charge is -2.45. The Morgan fingerprint density at radius 3 is 2.71 bits per heavy atom. The molecule has 0 aliphatic carbocycles. The Hall–Kier alpha value is -2.93. The number of aryl methyl sites for hydroxylation is 2. The van der Waals surface area contributed by atoms with Crippen molar-refractivity contribution in [3.63, 3.8) is 0 Å². The highest BCUT2D eigenvalue weighted by Gasteiger charge is 2.36. The third kappa shape index (κ3) is 5.05. The topological polar surface area (TPSA) is 67.4 Å². The molecule has 3 aromatic rings. The molecular formula is C24H31N5O2. The second kappa shape index (κ2) is 9.06. The van der Waals surface area contributed by atoms with Crippen LogP contribution in [-0.4, -0.2) is 56.1 Å². The number of amides is 1. The summed E-state index contributed by atoms with van der Waals surface area (Å²) in [6.45, 7) is 12.3. The van der Waals surface area contributed by atoms with Gasteiger partial charge in [0.2, 0.25) is 0 Å². The smallest absolute Gasteiger partial charge is 0.289 e. The van der Waals surface area contributed by atoms with E-state index < -0.39 is 0 Å². The number of hydrogen-bond acceptors (Lipinski definition) is 5. The van der Waals surface area contributed by atoms with Gasteiger partial charge >= 0.3 is 0 Å². The van der Waals surface area contributed by atoms with Gasteiger partial charge in [-0.25, -0.2) is 0 Å². The minimum absolute atomic E-state index is 0.0401. The predicted molar refractivity (Wildman–Crippen MR) is 119 cm³/mol. The van der Waals surface area contributed by atoms with Gasteiger partial charge in [0.25, 0.3) is 5.91 Å². The molecule has 4 rings (SSSR count). The van der Waals surface area contributed by atoms with Gasteiger partial charge < -0.3 is 9.32 Å². The van der Waals surface area contributed by atoms with E-state index in [2.05, 4.69) is 34.9 Å². The fourth-order valence-corrected chi connectivity index (χ4v) is 4.11. The summed E-state index contributed by atoms with van der Waals surface area (Å²) in [7, 11) is 0. The highest BCUT2D eigenvalue weighted by molar-refractivity contribution is 5.92. The predicted octanol–water partition coefficient (Wildman–Crippen LogP) is 3.52. The zero-order chi connectivity index (χ0) is 22.0. The average molecular weight is 422 g/mol. The SMILES string of the molecule is Cc1cc(C)n(Cc2ccc(C(=O)N3CC(N(Cc4cccnc4)CC(C)C)C3)o2)n1. The van der Waals surface area contributed by atoms with E-state index in [-0.39, 0.29) is 5.91 Å². The van der Waals surface area contributed by atoms with Crippen molar-refractivity contribution in [1.82, 2.24) is 24.6 Å². The maximum Gasteiger partial charge on any atom is 0.289 e. The van der Waals surface area contributed by atoms with Crippen LogP contribution in [-0.2, 0) is 13.1 Å². The fourth-order valence-electron chi connectivity index (χ4n) is 4.11. The van der Waals surface area contributed by atoms with Crippen molar-refractivity contribution in [1.29, 1.82) is 0 Å². The number of rotatable bonds is 8. The molecule has 164 valence electrons. The molecule has 1 aliphatic rings. The molecule has 1 amide bonds. The van der Waals surface area contributed by atoms with Crippen molar-refractivity contribution >= 4 is 5.91 Å². The minimum atomic E-state index is -0.0401. The van der Waals surface area contributed by atoms with Gasteiger partial charge in [0.15, 0.2) is 5.76 Å². The fraction of sp³-hybridized carbons (Fsp3) is 0.458. The van der Waals surface area contributed by atoms with Crippen LogP contribution >= 0.6 is 0 Å². The quantitative estimate of drug-likeness (QED) is 0.557. The Balaban J connectivity index is 1.35. The van der Waals surface area contributed by atoms with Crippen LogP contribution in [0.25, 0.3) is 0 Å². The number of pyridine rings is 1. The van der Waals surface area contributed by atoms with E-state index in [1.54, 1.807) is 12.3 Å². The molecule has 4 heterocycles. The number of carbonyl (C=O) groups is 1. The first-order valence-electron chi connectivity index (χ1n) is 10.9. The van der Waals surface area contributed by atoms with Crippen molar-refractivity contribution in [3.8, 4) is 0 Å². The Morgan fingerprint density at radius 1 is 1.26 bits per heavy atom. The maximum atomic E-state index is 12.9. The van der Waals surface area contributed by atoms with Crippen LogP contribution < -0.4 is 0 Å². The van der Waals surface area contributed by atoms with Crippen LogP contribution in [0, 0.1) is 19.8 Å². The number of carbonyl (C=O) groups excluding carboxylic acids is 1. The van der Waals surface area contributed by atoms with Gasteiger partial charge in [0.05, 0.1) is 12.2 Å². The lowest BCUT2D eigenvalue weighted by atomic mass is 10.0. The number of furan rings is 1. The zero-order valence-corrected chi connectivity index (χ0v) is 18.8. The van der Waals surface area contributed by atoms with Crippen molar-refractivity contribution < 1.29 is 9.21 Å². The van der Waals surface area contributed by atoms with Crippen LogP contribution in [0.2, 0.25) is 0 Å². The molecule has 0 atom stereocenters. The second-order valence-electron chi connectivity index (χ2n) is 8.90. The highest BCUT2D eigenvalue weighted by atomic mass is 16.4. The number of likely N-dealkylation sites (tertiary alicyclic amines) is 1. The van der Waals surface area contributed by atoms with Gasteiger partial charge in [-0.1, -0.05) is 19.9 Å². The molecule has 1 saturated heterocycles. The molecule has 0 unspecified atom stereocenters. The van der Waals surface area contributed by atoms with E-state index in [1.807, 2.05) is 47.8 Å². The minimum Gasteiger partial charge on any atom is -0.454 e. The van der Waals surface area contributed by atoms with Crippen molar-refractivity contribution in [2.75, 3.05) is 19.6 Å². The Labute approximate surface area is 183 Å². The summed E-state index contributed by atoms with van der Waals surface area (Å²) in [6, 6.07) is 10.1. The Kier molecular flexibility index (Phi) is 6.23. The molecule has 7 heteroatoms. The van der Waals surface area contributed by atoms with Crippen molar-refractivity contribution in [2.45, 2.75) is 46.8 Å². The molecule has 0 spiro atoms. The molecule has 31 heavy (non-hydrogen) atoms. The molecule has 1 fully saturated rings. The lowest BCUT2D eigenvalue weighted by molar-refractivity contribution is 0.0174. The summed E-state index contributed by atoms with van der Waals surface area (Å²) in [5.74, 6) is 1.66. The molecule has 0 bridgehead atoms. The Bertz CT molecular complexity index is 1020. The van der Waals surface area contributed by atoms with Crippen LogP contribution in [0.4, 0.5) is 0 Å². The van der Waals surface area contributed by atoms with E-state index in [9.17, 15) is 4.79 Å². The monoisotopic (exact) mass is 421 g/mol. The normalized spacial score (nSPS) is 14.5. The third-order valence-electron chi connectivity index (χ3n) is 5.66. The zero-order valence-electron chi connectivity index (χ0n) is 18.8. The standard InChI is InChI=1S/C24H31N5O2/c1-17(2)12-27(13-20-6-5-9-25-11-20)21-14-28(15-21)24(30)23-8-7-22(31-23)16-29-19(4)10-18(3)26-29/h5-11,17,21H,12-16H2,1-4H3. The first-order valence-corrected chi connectivity index (χ1v) is 10.9. The van der Waals surface area contributed by atoms with Crippen molar-refractivity contribution in [3.05, 3.63) is 71.2 Å². The van der Waals surface area contributed by atoms with Crippen LogP contribution in [0.15, 0.2) is 47.1 Å². The summed E-state index contributed by atoms with van der Waals surface area (Å²) in [4.78, 5) is 21.5. The summed E-state index contributed by atoms with van der Waals surface area (Å²) >= 11 is 0. The van der Waals surface area contributed by atoms with Gasteiger partial charge in [-0.15, -0.1) is 0 Å². The molecule has 7 nitrogen and oxygen atoms in total. The van der Waals surface area contributed by atoms with Gasteiger partial charge in [0.1, 0.15) is 5.76 Å². The van der Waals surface area contributed by atoms with E-state index in [4.69, 9.17) is 4.42 Å². The maximum absolute atomic E-state index is 12.9. The van der Waals surface area contributed by atoms with Gasteiger partial charge in [-0.05, 0) is 49.6 Å². The van der Waals surface area contributed by atoms with E-state index in [1.165, 1.54) is 5.56 Å². The lowest BCUT2D eigenvalue weighted by Crippen LogP contribution is -2.61. The third-order valence-corrected chi connectivity index (χ3v) is 5.66. The van der Waals surface area contributed by atoms with E-state index >= 15 is 0 Å². The van der Waals surface area contributed by atoms with Crippen LogP contribution in [0.1, 0.15) is 47.1 Å². The summed E-state index contributed by atoms with van der Waals surface area (Å²) in [5, 5.41) is 4.46. The van der Waals surface area contributed by atoms with E-state index in [0.29, 0.717) is 24.3 Å². The van der Waals surface area contributed by atoms with Gasteiger partial charge in [-0.2, -0.15) is 5.10 Å². The summed E-state index contributed by atoms with van der Waals surface area (Å²) in [6.07, 6.45) is 3.72. The average Bonchev–Trinajstić information content (AvgIpc) is 3.27. The highest BCUT2D eigenvalue weighted by Crippen LogP contribution is 2.22. The Morgan fingerprint density at radius 2 is 2.06 bits per heavy atom. The molecule has 3 aromatic heterocycles. The molecule has 1 aliphatic heterocycles. The number of aromatic nitrogens is 3. The van der Waals surface area contributed by atoms with E-state index in [0.717, 1.165) is 43.3 Å². The molecule has 0 radical (unpaired) electrons. The number of hydrogen-bond donors (Lipinski definition) is 0. The van der Waals surface area contributed by atoms with Gasteiger partial charge in [0, 0.05) is 50.3 Å². The molecule has 0 N–H and O–H groups in total. The second-order valence-corrected chi connectivity index (χ2v) is 8.90. The largest absolute Gasteiger partial charge is 0.454 e. The van der Waals surface area contributed by atoms with Crippen molar-refractivity contribution in [2.24, 2.45) is 5.92 Å². The number of nitrogens with zero attached hydrogens (tertiary/aromatic N) is 5. The first kappa shape index (κ1) is 21.3. The molecule has 0 aromatic carbocycles. The van der Waals surface area contributed by atoms with Crippen LogP contribution in [0.5, 0.6) is 0 Å². The van der Waals surface area contributed by atoms with Crippen LogP contribution in [0.3, 0.4) is 0 Å². The molecular weight excluding hydrogens is 390 g/mol. The summed E-state index contributed by atoms with van der Waals surface area (Å²) < 4.78 is 7.75. The summed E-state index contributed by atoms with van der Waals surface area (Å²) in [5.41, 5.74) is 3.25. The molecule has 0 saturated carbocycles.